The molecule has 1 heterocycles. The first-order valence-electron chi connectivity index (χ1n) is 5.79. The Morgan fingerprint density at radius 3 is 2.53 bits per heavy atom. The summed E-state index contributed by atoms with van der Waals surface area (Å²) in [6, 6.07) is 10.7. The number of rotatable bonds is 4. The van der Waals surface area contributed by atoms with Crippen molar-refractivity contribution in [3.63, 3.8) is 0 Å². The third-order valence-electron chi connectivity index (χ3n) is 2.77. The van der Waals surface area contributed by atoms with Crippen molar-refractivity contribution in [1.82, 2.24) is 0 Å². The summed E-state index contributed by atoms with van der Waals surface area (Å²) in [5, 5.41) is 2.07. The van der Waals surface area contributed by atoms with Gasteiger partial charge in [-0.3, -0.25) is 0 Å². The van der Waals surface area contributed by atoms with Crippen molar-refractivity contribution >= 4 is 27.3 Å². The Labute approximate surface area is 115 Å². The number of thiophene rings is 1. The van der Waals surface area contributed by atoms with E-state index in [4.69, 9.17) is 5.73 Å². The van der Waals surface area contributed by atoms with Gasteiger partial charge < -0.3 is 5.73 Å². The van der Waals surface area contributed by atoms with Crippen LogP contribution in [-0.2, 0) is 6.42 Å². The van der Waals surface area contributed by atoms with Crippen molar-refractivity contribution in [2.75, 3.05) is 0 Å². The maximum atomic E-state index is 6.24. The highest BCUT2D eigenvalue weighted by atomic mass is 79.9. The normalized spacial score (nSPS) is 12.6. The molecule has 2 N–H and O–H groups in total. The van der Waals surface area contributed by atoms with Gasteiger partial charge in [0, 0.05) is 14.7 Å². The van der Waals surface area contributed by atoms with Crippen molar-refractivity contribution in [3.8, 4) is 0 Å². The van der Waals surface area contributed by atoms with E-state index in [0.29, 0.717) is 0 Å². The highest BCUT2D eigenvalue weighted by Gasteiger charge is 2.10. The van der Waals surface area contributed by atoms with Gasteiger partial charge >= 0.3 is 0 Å². The molecular formula is C14H16BrNS. The molecule has 2 rings (SSSR count). The van der Waals surface area contributed by atoms with E-state index >= 15 is 0 Å². The topological polar surface area (TPSA) is 26.0 Å². The van der Waals surface area contributed by atoms with Crippen LogP contribution in [0.15, 0.2) is 40.2 Å². The van der Waals surface area contributed by atoms with Crippen LogP contribution in [0.25, 0.3) is 0 Å². The summed E-state index contributed by atoms with van der Waals surface area (Å²) in [6.45, 7) is 2.20. The van der Waals surface area contributed by atoms with Gasteiger partial charge in [-0.1, -0.05) is 37.6 Å². The Morgan fingerprint density at radius 2 is 2.00 bits per heavy atom. The lowest BCUT2D eigenvalue weighted by Gasteiger charge is -2.10. The lowest BCUT2D eigenvalue weighted by atomic mass is 10.0. The largest absolute Gasteiger partial charge is 0.320 e. The molecule has 1 unspecified atom stereocenters. The smallest absolute Gasteiger partial charge is 0.0646 e. The van der Waals surface area contributed by atoms with Crippen LogP contribution in [0.5, 0.6) is 0 Å². The Balaban J connectivity index is 2.16. The van der Waals surface area contributed by atoms with Gasteiger partial charge in [-0.25, -0.2) is 0 Å². The van der Waals surface area contributed by atoms with E-state index in [1.807, 2.05) is 0 Å². The van der Waals surface area contributed by atoms with E-state index in [9.17, 15) is 0 Å². The highest BCUT2D eigenvalue weighted by Crippen LogP contribution is 2.28. The van der Waals surface area contributed by atoms with Gasteiger partial charge in [-0.2, -0.15) is 0 Å². The summed E-state index contributed by atoms with van der Waals surface area (Å²) in [5.41, 5.74) is 8.81. The molecule has 17 heavy (non-hydrogen) atoms. The average Bonchev–Trinajstić information content (AvgIpc) is 2.76. The van der Waals surface area contributed by atoms with Crippen molar-refractivity contribution in [2.45, 2.75) is 25.8 Å². The van der Waals surface area contributed by atoms with Gasteiger partial charge in [0.05, 0.1) is 6.04 Å². The molecule has 0 radical (unpaired) electrons. The molecule has 2 aromatic rings. The lowest BCUT2D eigenvalue weighted by molar-refractivity contribution is 0.883. The fraction of sp³-hybridized carbons (Fsp3) is 0.286. The van der Waals surface area contributed by atoms with Crippen LogP contribution in [0.1, 0.15) is 35.4 Å². The van der Waals surface area contributed by atoms with Crippen LogP contribution >= 0.6 is 27.3 Å². The number of hydrogen-bond acceptors (Lipinski definition) is 2. The fourth-order valence-corrected chi connectivity index (χ4v) is 3.31. The number of halogens is 1. The molecule has 0 saturated heterocycles. The van der Waals surface area contributed by atoms with Crippen LogP contribution in [0.4, 0.5) is 0 Å². The Bertz CT molecular complexity index is 475. The molecule has 3 heteroatoms. The molecule has 0 aliphatic carbocycles. The van der Waals surface area contributed by atoms with Gasteiger partial charge in [-0.05, 0) is 39.5 Å². The molecule has 0 spiro atoms. The summed E-state index contributed by atoms with van der Waals surface area (Å²) in [4.78, 5) is 1.19. The second-order valence-electron chi connectivity index (χ2n) is 4.14. The number of benzene rings is 1. The van der Waals surface area contributed by atoms with Crippen molar-refractivity contribution in [3.05, 3.63) is 56.2 Å². The molecule has 0 aliphatic rings. The second-order valence-corrected chi connectivity index (χ2v) is 6.00. The quantitative estimate of drug-likeness (QED) is 0.883. The van der Waals surface area contributed by atoms with Crippen LogP contribution < -0.4 is 5.73 Å². The van der Waals surface area contributed by atoms with E-state index in [-0.39, 0.29) is 6.04 Å². The lowest BCUT2D eigenvalue weighted by Crippen LogP contribution is -2.10. The predicted octanol–water partition coefficient (Wildman–Crippen LogP) is 4.51. The van der Waals surface area contributed by atoms with Crippen LogP contribution in [0.2, 0.25) is 0 Å². The first-order valence-corrected chi connectivity index (χ1v) is 7.46. The van der Waals surface area contributed by atoms with Crippen LogP contribution in [0.3, 0.4) is 0 Å². The van der Waals surface area contributed by atoms with E-state index < -0.39 is 0 Å². The third-order valence-corrected chi connectivity index (χ3v) is 4.55. The SMILES string of the molecule is CCCc1ccc(C(N)c2cc(Br)cs2)cc1. The zero-order chi connectivity index (χ0) is 12.3. The number of hydrogen-bond donors (Lipinski definition) is 1. The Hall–Kier alpha value is -0.640. The molecule has 0 bridgehead atoms. The summed E-state index contributed by atoms with van der Waals surface area (Å²) in [7, 11) is 0. The van der Waals surface area contributed by atoms with Crippen LogP contribution in [-0.4, -0.2) is 0 Å². The monoisotopic (exact) mass is 309 g/mol. The maximum Gasteiger partial charge on any atom is 0.0646 e. The van der Waals surface area contributed by atoms with Crippen molar-refractivity contribution in [1.29, 1.82) is 0 Å². The zero-order valence-corrected chi connectivity index (χ0v) is 12.2. The summed E-state index contributed by atoms with van der Waals surface area (Å²) >= 11 is 5.16. The zero-order valence-electron chi connectivity index (χ0n) is 9.82. The van der Waals surface area contributed by atoms with Crippen molar-refractivity contribution < 1.29 is 0 Å². The second kappa shape index (κ2) is 5.80. The summed E-state index contributed by atoms with van der Waals surface area (Å²) < 4.78 is 1.11. The molecule has 0 saturated carbocycles. The first-order chi connectivity index (χ1) is 8.20. The molecule has 1 aromatic heterocycles. The van der Waals surface area contributed by atoms with Gasteiger partial charge in [0.2, 0.25) is 0 Å². The van der Waals surface area contributed by atoms with Crippen LogP contribution in [0, 0.1) is 0 Å². The molecule has 1 nitrogen and oxygen atoms in total. The molecule has 1 atom stereocenters. The molecule has 0 aliphatic heterocycles. The minimum Gasteiger partial charge on any atom is -0.320 e. The Kier molecular flexibility index (Phi) is 4.37. The van der Waals surface area contributed by atoms with Crippen molar-refractivity contribution in [2.24, 2.45) is 5.73 Å². The standard InChI is InChI=1S/C14H16BrNS/c1-2-3-10-4-6-11(7-5-10)14(16)13-8-12(15)9-17-13/h4-9,14H,2-3,16H2,1H3. The third kappa shape index (κ3) is 3.18. The van der Waals surface area contributed by atoms with Gasteiger partial charge in [0.1, 0.15) is 0 Å². The summed E-state index contributed by atoms with van der Waals surface area (Å²) in [5.74, 6) is 0. The maximum absolute atomic E-state index is 6.24. The van der Waals surface area contributed by atoms with E-state index in [1.54, 1.807) is 11.3 Å². The van der Waals surface area contributed by atoms with Gasteiger partial charge in [0.15, 0.2) is 0 Å². The Morgan fingerprint density at radius 1 is 1.29 bits per heavy atom. The van der Waals surface area contributed by atoms with E-state index in [0.717, 1.165) is 10.9 Å². The van der Waals surface area contributed by atoms with Gasteiger partial charge in [-0.15, -0.1) is 11.3 Å². The van der Waals surface area contributed by atoms with E-state index in [2.05, 4.69) is 58.6 Å². The molecule has 90 valence electrons. The number of aryl methyl sites for hydroxylation is 1. The fourth-order valence-electron chi connectivity index (χ4n) is 1.84. The average molecular weight is 310 g/mol. The van der Waals surface area contributed by atoms with E-state index in [1.165, 1.54) is 22.4 Å². The molecule has 0 fully saturated rings. The summed E-state index contributed by atoms with van der Waals surface area (Å²) in [6.07, 6.45) is 2.32. The molecule has 1 aromatic carbocycles. The highest BCUT2D eigenvalue weighted by molar-refractivity contribution is 9.10. The van der Waals surface area contributed by atoms with Gasteiger partial charge in [0.25, 0.3) is 0 Å². The minimum atomic E-state index is -0.0121. The predicted molar refractivity (Wildman–Crippen MR) is 78.5 cm³/mol. The number of nitrogens with two attached hydrogens (primary N) is 1. The minimum absolute atomic E-state index is 0.0121. The molecule has 0 amide bonds. The molecular weight excluding hydrogens is 294 g/mol. The first kappa shape index (κ1) is 12.8.